The molecule has 0 bridgehead atoms. The van der Waals surface area contributed by atoms with Gasteiger partial charge in [-0.25, -0.2) is 0 Å². The fraction of sp³-hybridized carbons (Fsp3) is 0.438. The third kappa shape index (κ3) is 7.27. The number of phenols is 3. The van der Waals surface area contributed by atoms with E-state index in [4.69, 9.17) is 5.11 Å². The van der Waals surface area contributed by atoms with E-state index in [0.717, 1.165) is 35.1 Å². The fourth-order valence-corrected chi connectivity index (χ4v) is 4.57. The third-order valence-electron chi connectivity index (χ3n) is 6.47. The second-order valence-corrected chi connectivity index (χ2v) is 11.6. The van der Waals surface area contributed by atoms with Crippen LogP contribution in [0.3, 0.4) is 0 Å². The van der Waals surface area contributed by atoms with Crippen LogP contribution >= 0.6 is 0 Å². The van der Waals surface area contributed by atoms with Crippen molar-refractivity contribution in [1.82, 2.24) is 0 Å². The van der Waals surface area contributed by atoms with E-state index in [1.165, 1.54) is 11.1 Å². The minimum atomic E-state index is -0.121. The summed E-state index contributed by atoms with van der Waals surface area (Å²) in [6.07, 6.45) is 2.10. The van der Waals surface area contributed by atoms with Crippen LogP contribution in [0.15, 0.2) is 54.6 Å². The van der Waals surface area contributed by atoms with Gasteiger partial charge in [0.2, 0.25) is 0 Å². The molecule has 0 aliphatic heterocycles. The van der Waals surface area contributed by atoms with Crippen LogP contribution in [0, 0.1) is 13.8 Å². The van der Waals surface area contributed by atoms with E-state index < -0.39 is 0 Å². The standard InChI is InChI=1S/C26H38O2.C6H6O/c1-10-11-18(19-14-21(25(4,5)6)23(27)12-16(19)2)20-15-22(26(7,8)9)24(28)13-17(20)3;7-6-4-2-1-3-5-6/h12-15,18,27-28H,10-11H2,1-9H3;1-5,7H. The molecule has 0 saturated carbocycles. The summed E-state index contributed by atoms with van der Waals surface area (Å²) in [6.45, 7) is 19.2. The van der Waals surface area contributed by atoms with Gasteiger partial charge < -0.3 is 15.3 Å². The molecule has 0 spiro atoms. The maximum Gasteiger partial charge on any atom is 0.119 e. The van der Waals surface area contributed by atoms with Crippen LogP contribution in [-0.2, 0) is 10.8 Å². The van der Waals surface area contributed by atoms with Gasteiger partial charge in [0.1, 0.15) is 17.2 Å². The van der Waals surface area contributed by atoms with Gasteiger partial charge >= 0.3 is 0 Å². The van der Waals surface area contributed by atoms with Crippen LogP contribution in [-0.4, -0.2) is 15.3 Å². The van der Waals surface area contributed by atoms with Crippen LogP contribution in [0.25, 0.3) is 0 Å². The van der Waals surface area contributed by atoms with Crippen LogP contribution < -0.4 is 0 Å². The monoisotopic (exact) mass is 476 g/mol. The van der Waals surface area contributed by atoms with Crippen LogP contribution in [0.1, 0.15) is 101 Å². The SMILES string of the molecule is CCCC(c1cc(C(C)(C)C)c(O)cc1C)c1cc(C(C)(C)C)c(O)cc1C.Oc1ccccc1. The Kier molecular flexibility index (Phi) is 9.06. The number of aromatic hydroxyl groups is 3. The van der Waals surface area contributed by atoms with Crippen molar-refractivity contribution in [1.29, 1.82) is 0 Å². The molecule has 0 saturated heterocycles. The van der Waals surface area contributed by atoms with Gasteiger partial charge in [0, 0.05) is 5.92 Å². The molecule has 190 valence electrons. The van der Waals surface area contributed by atoms with Gasteiger partial charge in [-0.05, 0) is 88.7 Å². The Balaban J connectivity index is 0.000000527. The van der Waals surface area contributed by atoms with Gasteiger partial charge in [0.25, 0.3) is 0 Å². The topological polar surface area (TPSA) is 60.7 Å². The quantitative estimate of drug-likeness (QED) is 0.353. The summed E-state index contributed by atoms with van der Waals surface area (Å²) < 4.78 is 0. The molecule has 0 heterocycles. The van der Waals surface area contributed by atoms with Crippen molar-refractivity contribution >= 4 is 0 Å². The van der Waals surface area contributed by atoms with Gasteiger partial charge in [-0.3, -0.25) is 0 Å². The third-order valence-corrected chi connectivity index (χ3v) is 6.47. The molecular formula is C32H44O3. The van der Waals surface area contributed by atoms with Crippen molar-refractivity contribution in [2.24, 2.45) is 0 Å². The highest BCUT2D eigenvalue weighted by Crippen LogP contribution is 2.42. The minimum absolute atomic E-state index is 0.121. The molecule has 3 nitrogen and oxygen atoms in total. The zero-order valence-electron chi connectivity index (χ0n) is 23.0. The molecule has 35 heavy (non-hydrogen) atoms. The van der Waals surface area contributed by atoms with Gasteiger partial charge in [0.05, 0.1) is 0 Å². The predicted molar refractivity (Wildman–Crippen MR) is 148 cm³/mol. The zero-order chi connectivity index (χ0) is 26.6. The van der Waals surface area contributed by atoms with Crippen molar-refractivity contribution < 1.29 is 15.3 Å². The highest BCUT2D eigenvalue weighted by atomic mass is 16.3. The zero-order valence-corrected chi connectivity index (χ0v) is 23.0. The molecule has 0 aliphatic rings. The summed E-state index contributed by atoms with van der Waals surface area (Å²) in [5.74, 6) is 1.32. The maximum atomic E-state index is 10.5. The van der Waals surface area contributed by atoms with Crippen molar-refractivity contribution in [3.63, 3.8) is 0 Å². The Hall–Kier alpha value is -2.94. The molecule has 3 aromatic rings. The molecule has 0 radical (unpaired) electrons. The highest BCUT2D eigenvalue weighted by molar-refractivity contribution is 5.52. The van der Waals surface area contributed by atoms with Gasteiger partial charge in [-0.15, -0.1) is 0 Å². The van der Waals surface area contributed by atoms with Gasteiger partial charge in [0.15, 0.2) is 0 Å². The first-order valence-corrected chi connectivity index (χ1v) is 12.6. The van der Waals surface area contributed by atoms with Crippen molar-refractivity contribution in [3.05, 3.63) is 88.0 Å². The summed E-state index contributed by atoms with van der Waals surface area (Å²) in [4.78, 5) is 0. The molecular weight excluding hydrogens is 432 g/mol. The Morgan fingerprint density at radius 1 is 0.657 bits per heavy atom. The minimum Gasteiger partial charge on any atom is -0.508 e. The lowest BCUT2D eigenvalue weighted by Crippen LogP contribution is -2.16. The summed E-state index contributed by atoms with van der Waals surface area (Å²) in [7, 11) is 0. The lowest BCUT2D eigenvalue weighted by atomic mass is 9.76. The van der Waals surface area contributed by atoms with E-state index in [2.05, 4.69) is 74.4 Å². The Bertz CT molecular complexity index is 1050. The molecule has 0 unspecified atom stereocenters. The molecule has 3 heteroatoms. The largest absolute Gasteiger partial charge is 0.508 e. The molecule has 0 aromatic heterocycles. The van der Waals surface area contributed by atoms with Crippen LogP contribution in [0.2, 0.25) is 0 Å². The van der Waals surface area contributed by atoms with Crippen molar-refractivity contribution in [3.8, 4) is 17.2 Å². The molecule has 3 rings (SSSR count). The van der Waals surface area contributed by atoms with E-state index in [-0.39, 0.29) is 16.7 Å². The van der Waals surface area contributed by atoms with Crippen LogP contribution in [0.4, 0.5) is 0 Å². The van der Waals surface area contributed by atoms with E-state index in [0.29, 0.717) is 17.2 Å². The van der Waals surface area contributed by atoms with Crippen molar-refractivity contribution in [2.75, 3.05) is 0 Å². The first kappa shape index (κ1) is 28.3. The molecule has 3 aromatic carbocycles. The van der Waals surface area contributed by atoms with Gasteiger partial charge in [-0.2, -0.15) is 0 Å². The average molecular weight is 477 g/mol. The predicted octanol–water partition coefficient (Wildman–Crippen LogP) is 8.63. The molecule has 0 aliphatic carbocycles. The molecule has 3 N–H and O–H groups in total. The number of hydrogen-bond acceptors (Lipinski definition) is 3. The highest BCUT2D eigenvalue weighted by Gasteiger charge is 2.26. The summed E-state index contributed by atoms with van der Waals surface area (Å²) in [5, 5.41) is 29.7. The van der Waals surface area contributed by atoms with Gasteiger partial charge in [-0.1, -0.05) is 85.2 Å². The Morgan fingerprint density at radius 3 is 1.34 bits per heavy atom. The maximum absolute atomic E-state index is 10.5. The molecule has 0 amide bonds. The number of hydrogen-bond donors (Lipinski definition) is 3. The number of rotatable bonds is 4. The second-order valence-electron chi connectivity index (χ2n) is 11.6. The number of aryl methyl sites for hydroxylation is 2. The first-order chi connectivity index (χ1) is 16.2. The van der Waals surface area contributed by atoms with Crippen LogP contribution in [0.5, 0.6) is 17.2 Å². The summed E-state index contributed by atoms with van der Waals surface area (Å²) in [6, 6.07) is 16.9. The first-order valence-electron chi connectivity index (χ1n) is 12.6. The summed E-state index contributed by atoms with van der Waals surface area (Å²) in [5.41, 5.74) is 6.52. The Morgan fingerprint density at radius 2 is 1.06 bits per heavy atom. The number of phenolic OH excluding ortho intramolecular Hbond substituents is 3. The smallest absolute Gasteiger partial charge is 0.119 e. The average Bonchev–Trinajstić information content (AvgIpc) is 2.72. The van der Waals surface area contributed by atoms with E-state index >= 15 is 0 Å². The van der Waals surface area contributed by atoms with Crippen molar-refractivity contribution in [2.45, 2.75) is 91.9 Å². The molecule has 0 fully saturated rings. The molecule has 0 atom stereocenters. The number of para-hydroxylation sites is 1. The second kappa shape index (κ2) is 11.2. The van der Waals surface area contributed by atoms with E-state index in [1.54, 1.807) is 24.3 Å². The van der Waals surface area contributed by atoms with E-state index in [9.17, 15) is 10.2 Å². The van der Waals surface area contributed by atoms with E-state index in [1.807, 2.05) is 18.2 Å². The Labute approximate surface area is 212 Å². The number of benzene rings is 3. The fourth-order valence-electron chi connectivity index (χ4n) is 4.57. The summed E-state index contributed by atoms with van der Waals surface area (Å²) >= 11 is 0. The normalized spacial score (nSPS) is 11.8. The lowest BCUT2D eigenvalue weighted by Gasteiger charge is -2.29. The lowest BCUT2D eigenvalue weighted by molar-refractivity contribution is 0.445.